The summed E-state index contributed by atoms with van der Waals surface area (Å²) < 4.78 is 18.5. The van der Waals surface area contributed by atoms with Gasteiger partial charge in [-0.05, 0) is 18.2 Å². The van der Waals surface area contributed by atoms with Crippen molar-refractivity contribution in [3.8, 4) is 0 Å². The van der Waals surface area contributed by atoms with Crippen LogP contribution in [0.25, 0.3) is 0 Å². The Morgan fingerprint density at radius 2 is 2.12 bits per heavy atom. The first-order chi connectivity index (χ1) is 7.95. The lowest BCUT2D eigenvalue weighted by Crippen LogP contribution is -2.29. The Bertz CT molecular complexity index is 450. The lowest BCUT2D eigenvalue weighted by molar-refractivity contribution is -0.143. The predicted octanol–water partition coefficient (Wildman–Crippen LogP) is 2.11. The molecule has 0 aliphatic carbocycles. The Morgan fingerprint density at radius 1 is 1.47 bits per heavy atom. The molecular weight excluding hydrogens is 293 g/mol. The fourth-order valence-corrected chi connectivity index (χ4v) is 1.54. The summed E-state index contributed by atoms with van der Waals surface area (Å²) in [6.07, 6.45) is -0.418. The summed E-state index contributed by atoms with van der Waals surface area (Å²) in [6.45, 7) is 0. The molecule has 0 radical (unpaired) electrons. The first-order valence-electron chi connectivity index (χ1n) is 4.74. The van der Waals surface area contributed by atoms with Gasteiger partial charge in [-0.1, -0.05) is 15.9 Å². The van der Waals surface area contributed by atoms with Crippen molar-refractivity contribution in [1.29, 1.82) is 0 Å². The summed E-state index contributed by atoms with van der Waals surface area (Å²) in [6, 6.07) is 4.23. The number of rotatable bonds is 3. The summed E-state index contributed by atoms with van der Waals surface area (Å²) in [4.78, 5) is 23.6. The van der Waals surface area contributed by atoms with E-state index in [-0.39, 0.29) is 5.69 Å². The molecule has 0 unspecified atom stereocenters. The molecule has 0 aliphatic heterocycles. The van der Waals surface area contributed by atoms with Gasteiger partial charge in [-0.3, -0.25) is 9.59 Å². The molecule has 0 spiro atoms. The van der Waals surface area contributed by atoms with Crippen LogP contribution in [0.2, 0.25) is 0 Å². The predicted molar refractivity (Wildman–Crippen MR) is 64.1 cm³/mol. The maximum absolute atomic E-state index is 13.5. The highest BCUT2D eigenvalue weighted by Gasteiger charge is 2.18. The summed E-state index contributed by atoms with van der Waals surface area (Å²) in [5.41, 5.74) is 0.105. The third kappa shape index (κ3) is 3.52. The van der Waals surface area contributed by atoms with Crippen LogP contribution in [0.4, 0.5) is 10.1 Å². The maximum Gasteiger partial charge on any atom is 0.315 e. The van der Waals surface area contributed by atoms with Crippen LogP contribution >= 0.6 is 15.9 Å². The lowest BCUT2D eigenvalue weighted by Gasteiger charge is -2.17. The van der Waals surface area contributed by atoms with E-state index in [1.54, 1.807) is 0 Å². The Balaban J connectivity index is 2.88. The minimum atomic E-state index is -0.655. The molecule has 0 aromatic heterocycles. The molecule has 17 heavy (non-hydrogen) atoms. The fraction of sp³-hybridized carbons (Fsp3) is 0.273. The van der Waals surface area contributed by atoms with Crippen LogP contribution in [0.5, 0.6) is 0 Å². The van der Waals surface area contributed by atoms with E-state index in [2.05, 4.69) is 20.7 Å². The molecule has 0 aliphatic rings. The molecule has 1 aromatic rings. The van der Waals surface area contributed by atoms with Crippen LogP contribution in [0.15, 0.2) is 22.7 Å². The lowest BCUT2D eigenvalue weighted by atomic mass is 10.2. The number of anilines is 1. The molecule has 0 fully saturated rings. The number of nitrogens with zero attached hydrogens (tertiary/aromatic N) is 1. The van der Waals surface area contributed by atoms with Crippen molar-refractivity contribution < 1.29 is 18.7 Å². The number of carbonyl (C=O) groups is 2. The Labute approximate surface area is 106 Å². The zero-order valence-electron chi connectivity index (χ0n) is 9.37. The molecule has 0 saturated heterocycles. The summed E-state index contributed by atoms with van der Waals surface area (Å²) in [7, 11) is 2.59. The number of methoxy groups -OCH3 is 1. The van der Waals surface area contributed by atoms with Gasteiger partial charge in [0.1, 0.15) is 12.2 Å². The van der Waals surface area contributed by atoms with Gasteiger partial charge < -0.3 is 9.64 Å². The molecule has 0 atom stereocenters. The molecule has 0 saturated carbocycles. The van der Waals surface area contributed by atoms with Gasteiger partial charge in [0.15, 0.2) is 0 Å². The van der Waals surface area contributed by atoms with Gasteiger partial charge in [0, 0.05) is 11.5 Å². The van der Waals surface area contributed by atoms with Gasteiger partial charge in [0.05, 0.1) is 12.8 Å². The molecule has 1 rings (SSSR count). The Hall–Kier alpha value is -1.43. The van der Waals surface area contributed by atoms with Crippen LogP contribution in [0.3, 0.4) is 0 Å². The number of hydrogen-bond acceptors (Lipinski definition) is 3. The van der Waals surface area contributed by atoms with Gasteiger partial charge in [0.25, 0.3) is 0 Å². The largest absolute Gasteiger partial charge is 0.469 e. The summed E-state index contributed by atoms with van der Waals surface area (Å²) >= 11 is 3.18. The molecule has 1 aromatic carbocycles. The van der Waals surface area contributed by atoms with Crippen LogP contribution in [-0.2, 0) is 14.3 Å². The number of amides is 1. The average Bonchev–Trinajstić information content (AvgIpc) is 2.31. The third-order valence-corrected chi connectivity index (χ3v) is 2.66. The molecule has 0 N–H and O–H groups in total. The molecule has 1 amide bonds. The second-order valence-corrected chi connectivity index (χ2v) is 4.22. The van der Waals surface area contributed by atoms with Crippen LogP contribution in [0.1, 0.15) is 6.42 Å². The number of ether oxygens (including phenoxy) is 1. The van der Waals surface area contributed by atoms with E-state index in [1.807, 2.05) is 0 Å². The van der Waals surface area contributed by atoms with Crippen LogP contribution in [0, 0.1) is 5.82 Å². The smallest absolute Gasteiger partial charge is 0.315 e. The second kappa shape index (κ2) is 5.77. The zero-order valence-corrected chi connectivity index (χ0v) is 11.0. The first-order valence-corrected chi connectivity index (χ1v) is 5.53. The van der Waals surface area contributed by atoms with Crippen molar-refractivity contribution in [1.82, 2.24) is 0 Å². The SMILES string of the molecule is COC(=O)CC(=O)N(C)c1cc(Br)ccc1F. The van der Waals surface area contributed by atoms with Crippen molar-refractivity contribution in [3.63, 3.8) is 0 Å². The average molecular weight is 304 g/mol. The van der Waals surface area contributed by atoms with E-state index >= 15 is 0 Å². The van der Waals surface area contributed by atoms with Crippen LogP contribution < -0.4 is 4.90 Å². The summed E-state index contributed by atoms with van der Waals surface area (Å²) in [5.74, 6) is -1.72. The zero-order chi connectivity index (χ0) is 13.0. The van der Waals surface area contributed by atoms with Gasteiger partial charge in [0.2, 0.25) is 5.91 Å². The minimum absolute atomic E-state index is 0.105. The van der Waals surface area contributed by atoms with E-state index in [0.717, 1.165) is 4.90 Å². The van der Waals surface area contributed by atoms with E-state index in [4.69, 9.17) is 0 Å². The Kier molecular flexibility index (Phi) is 4.62. The van der Waals surface area contributed by atoms with Crippen LogP contribution in [-0.4, -0.2) is 26.0 Å². The quantitative estimate of drug-likeness (QED) is 0.635. The molecule has 92 valence electrons. The highest BCUT2D eigenvalue weighted by Crippen LogP contribution is 2.23. The number of halogens is 2. The van der Waals surface area contributed by atoms with E-state index in [0.29, 0.717) is 4.47 Å². The maximum atomic E-state index is 13.5. The fourth-order valence-electron chi connectivity index (χ4n) is 1.19. The number of hydrogen-bond donors (Lipinski definition) is 0. The third-order valence-electron chi connectivity index (χ3n) is 2.17. The first kappa shape index (κ1) is 13.6. The normalized spacial score (nSPS) is 9.88. The highest BCUT2D eigenvalue weighted by molar-refractivity contribution is 9.10. The Morgan fingerprint density at radius 3 is 2.71 bits per heavy atom. The highest BCUT2D eigenvalue weighted by atomic mass is 79.9. The number of esters is 1. The monoisotopic (exact) mass is 303 g/mol. The van der Waals surface area contributed by atoms with Crippen molar-refractivity contribution in [2.45, 2.75) is 6.42 Å². The number of carbonyl (C=O) groups excluding carboxylic acids is 2. The standard InChI is InChI=1S/C11H11BrFNO3/c1-14(10(15)6-11(16)17-2)9-5-7(12)3-4-8(9)13/h3-5H,6H2,1-2H3. The molecule has 0 bridgehead atoms. The van der Waals surface area contributed by atoms with E-state index < -0.39 is 24.1 Å². The van der Waals surface area contributed by atoms with Gasteiger partial charge in [-0.25, -0.2) is 4.39 Å². The molecular formula is C11H11BrFNO3. The molecule has 4 nitrogen and oxygen atoms in total. The van der Waals surface area contributed by atoms with Crippen molar-refractivity contribution in [2.24, 2.45) is 0 Å². The molecule has 6 heteroatoms. The second-order valence-electron chi connectivity index (χ2n) is 3.30. The minimum Gasteiger partial charge on any atom is -0.469 e. The topological polar surface area (TPSA) is 46.6 Å². The summed E-state index contributed by atoms with van der Waals surface area (Å²) in [5, 5.41) is 0. The van der Waals surface area contributed by atoms with Crippen molar-refractivity contribution in [2.75, 3.05) is 19.1 Å². The number of benzene rings is 1. The molecule has 0 heterocycles. The van der Waals surface area contributed by atoms with Gasteiger partial charge >= 0.3 is 5.97 Å². The van der Waals surface area contributed by atoms with Gasteiger partial charge in [-0.15, -0.1) is 0 Å². The van der Waals surface area contributed by atoms with Crippen molar-refractivity contribution >= 4 is 33.5 Å². The van der Waals surface area contributed by atoms with Gasteiger partial charge in [-0.2, -0.15) is 0 Å². The van der Waals surface area contributed by atoms with E-state index in [1.165, 1.54) is 32.4 Å². The van der Waals surface area contributed by atoms with Crippen molar-refractivity contribution in [3.05, 3.63) is 28.5 Å². The van der Waals surface area contributed by atoms with E-state index in [9.17, 15) is 14.0 Å².